The van der Waals surface area contributed by atoms with Gasteiger partial charge in [0.1, 0.15) is 5.75 Å². The van der Waals surface area contributed by atoms with E-state index in [0.717, 1.165) is 36.2 Å². The molecule has 1 unspecified atom stereocenters. The van der Waals surface area contributed by atoms with E-state index in [0.29, 0.717) is 5.75 Å². The van der Waals surface area contributed by atoms with Crippen molar-refractivity contribution in [3.8, 4) is 16.9 Å². The van der Waals surface area contributed by atoms with E-state index in [-0.39, 0.29) is 18.6 Å². The third kappa shape index (κ3) is 3.31. The summed E-state index contributed by atoms with van der Waals surface area (Å²) in [4.78, 5) is 18.7. The normalized spacial score (nSPS) is 16.6. The molecule has 6 heteroatoms. The molecule has 2 aromatic heterocycles. The molecule has 6 nitrogen and oxygen atoms in total. The summed E-state index contributed by atoms with van der Waals surface area (Å²) in [5.41, 5.74) is 3.03. The average molecular weight is 348 g/mol. The first-order valence-electron chi connectivity index (χ1n) is 8.74. The van der Waals surface area contributed by atoms with Crippen LogP contribution >= 0.6 is 0 Å². The molecule has 1 aliphatic heterocycles. The Morgan fingerprint density at radius 3 is 2.81 bits per heavy atom. The lowest BCUT2D eigenvalue weighted by Gasteiger charge is -2.25. The first kappa shape index (κ1) is 16.3. The number of hydrogen-bond donors (Lipinski definition) is 1. The Balaban J connectivity index is 1.51. The molecule has 0 spiro atoms. The van der Waals surface area contributed by atoms with Crippen molar-refractivity contribution in [3.63, 3.8) is 0 Å². The number of para-hydroxylation sites is 1. The van der Waals surface area contributed by atoms with E-state index in [1.54, 1.807) is 12.4 Å². The predicted octanol–water partition coefficient (Wildman–Crippen LogP) is 3.21. The van der Waals surface area contributed by atoms with E-state index in [2.05, 4.69) is 15.2 Å². The number of nitrogens with zero attached hydrogens (tertiary/aromatic N) is 3. The Labute approximate surface area is 151 Å². The molecule has 1 amide bonds. The summed E-state index contributed by atoms with van der Waals surface area (Å²) in [6.07, 6.45) is 7.22. The molecule has 132 valence electrons. The molecule has 4 rings (SSSR count). The van der Waals surface area contributed by atoms with Crippen molar-refractivity contribution >= 4 is 5.91 Å². The second kappa shape index (κ2) is 7.39. The molecule has 1 saturated heterocycles. The lowest BCUT2D eigenvalue weighted by atomic mass is 10.0. The van der Waals surface area contributed by atoms with E-state index < -0.39 is 0 Å². The maximum atomic E-state index is 12.7. The molecule has 0 bridgehead atoms. The first-order chi connectivity index (χ1) is 12.8. The molecule has 3 aromatic rings. The number of H-pyrrole nitrogens is 1. The zero-order valence-corrected chi connectivity index (χ0v) is 14.3. The lowest BCUT2D eigenvalue weighted by Crippen LogP contribution is -2.34. The topological polar surface area (TPSA) is 71.1 Å². The van der Waals surface area contributed by atoms with Gasteiger partial charge >= 0.3 is 0 Å². The molecule has 0 aliphatic carbocycles. The molecule has 0 radical (unpaired) electrons. The Hall–Kier alpha value is -3.15. The third-order valence-electron chi connectivity index (χ3n) is 4.67. The number of ether oxygens (including phenoxy) is 1. The van der Waals surface area contributed by atoms with Gasteiger partial charge in [-0.1, -0.05) is 18.2 Å². The number of aromatic nitrogens is 3. The predicted molar refractivity (Wildman–Crippen MR) is 97.4 cm³/mol. The second-order valence-electron chi connectivity index (χ2n) is 6.28. The van der Waals surface area contributed by atoms with Crippen LogP contribution in [0.25, 0.3) is 11.1 Å². The number of carbonyl (C=O) groups is 1. The Bertz CT molecular complexity index is 864. The third-order valence-corrected chi connectivity index (χ3v) is 4.67. The van der Waals surface area contributed by atoms with Crippen LogP contribution in [0.1, 0.15) is 24.6 Å². The summed E-state index contributed by atoms with van der Waals surface area (Å²) >= 11 is 0. The van der Waals surface area contributed by atoms with Gasteiger partial charge in [0.15, 0.2) is 6.61 Å². The highest BCUT2D eigenvalue weighted by Gasteiger charge is 2.32. The zero-order chi connectivity index (χ0) is 17.8. The van der Waals surface area contributed by atoms with Crippen LogP contribution in [0.3, 0.4) is 0 Å². The van der Waals surface area contributed by atoms with E-state index >= 15 is 0 Å². The van der Waals surface area contributed by atoms with Crippen LogP contribution in [0.4, 0.5) is 0 Å². The van der Waals surface area contributed by atoms with Gasteiger partial charge in [-0.05, 0) is 42.7 Å². The monoisotopic (exact) mass is 348 g/mol. The number of rotatable bonds is 5. The van der Waals surface area contributed by atoms with Crippen LogP contribution in [0.15, 0.2) is 61.1 Å². The Morgan fingerprint density at radius 1 is 1.19 bits per heavy atom. The van der Waals surface area contributed by atoms with Crippen LogP contribution in [-0.4, -0.2) is 39.1 Å². The van der Waals surface area contributed by atoms with Crippen molar-refractivity contribution < 1.29 is 9.53 Å². The first-order valence-corrected chi connectivity index (χ1v) is 8.74. The summed E-state index contributed by atoms with van der Waals surface area (Å²) in [5.74, 6) is 0.697. The molecular weight excluding hydrogens is 328 g/mol. The highest BCUT2D eigenvalue weighted by Crippen LogP contribution is 2.36. The molecule has 1 aromatic carbocycles. The van der Waals surface area contributed by atoms with Crippen LogP contribution in [0.2, 0.25) is 0 Å². The highest BCUT2D eigenvalue weighted by molar-refractivity contribution is 5.79. The van der Waals surface area contributed by atoms with Gasteiger partial charge in [0, 0.05) is 24.5 Å². The van der Waals surface area contributed by atoms with Gasteiger partial charge < -0.3 is 9.64 Å². The largest absolute Gasteiger partial charge is 0.484 e. The SMILES string of the molecule is O=C(COc1ccccc1)N1CCCC1c1[nH]ncc1-c1ccncc1. The van der Waals surface area contributed by atoms with Crippen molar-refractivity contribution in [2.45, 2.75) is 18.9 Å². The van der Waals surface area contributed by atoms with Gasteiger partial charge in [-0.2, -0.15) is 5.10 Å². The molecule has 1 fully saturated rings. The second-order valence-corrected chi connectivity index (χ2v) is 6.28. The van der Waals surface area contributed by atoms with Gasteiger partial charge in [0.2, 0.25) is 0 Å². The molecule has 26 heavy (non-hydrogen) atoms. The zero-order valence-electron chi connectivity index (χ0n) is 14.3. The van der Waals surface area contributed by atoms with E-state index in [1.165, 1.54) is 0 Å². The molecule has 0 saturated carbocycles. The van der Waals surface area contributed by atoms with Gasteiger partial charge in [0.05, 0.1) is 17.9 Å². The number of hydrogen-bond acceptors (Lipinski definition) is 4. The molecule has 1 atom stereocenters. The summed E-state index contributed by atoms with van der Waals surface area (Å²) in [5, 5.41) is 7.32. The number of aromatic amines is 1. The number of carbonyl (C=O) groups excluding carboxylic acids is 1. The van der Waals surface area contributed by atoms with Crippen LogP contribution < -0.4 is 4.74 Å². The quantitative estimate of drug-likeness (QED) is 0.768. The highest BCUT2D eigenvalue weighted by atomic mass is 16.5. The van der Waals surface area contributed by atoms with Crippen LogP contribution in [-0.2, 0) is 4.79 Å². The minimum atomic E-state index is -0.00775. The maximum absolute atomic E-state index is 12.7. The standard InChI is InChI=1S/C20H20N4O2/c25-19(14-26-16-5-2-1-3-6-16)24-12-4-7-18(24)20-17(13-22-23-20)15-8-10-21-11-9-15/h1-3,5-6,8-11,13,18H,4,7,12,14H2,(H,22,23). The van der Waals surface area contributed by atoms with E-state index in [9.17, 15) is 4.79 Å². The van der Waals surface area contributed by atoms with Crippen LogP contribution in [0, 0.1) is 0 Å². The van der Waals surface area contributed by atoms with Crippen LogP contribution in [0.5, 0.6) is 5.75 Å². The summed E-state index contributed by atoms with van der Waals surface area (Å²) in [6.45, 7) is 0.774. The lowest BCUT2D eigenvalue weighted by molar-refractivity contribution is -0.134. The fraction of sp³-hybridized carbons (Fsp3) is 0.250. The number of likely N-dealkylation sites (tertiary alicyclic amines) is 1. The summed E-state index contributed by atoms with van der Waals surface area (Å²) in [7, 11) is 0. The Kier molecular flexibility index (Phi) is 4.64. The van der Waals surface area contributed by atoms with E-state index in [1.807, 2.05) is 53.6 Å². The molecule has 1 N–H and O–H groups in total. The molecule has 3 heterocycles. The summed E-state index contributed by atoms with van der Waals surface area (Å²) in [6, 6.07) is 13.3. The molecule has 1 aliphatic rings. The Morgan fingerprint density at radius 2 is 2.00 bits per heavy atom. The maximum Gasteiger partial charge on any atom is 0.261 e. The van der Waals surface area contributed by atoms with Crippen molar-refractivity contribution in [2.24, 2.45) is 0 Å². The summed E-state index contributed by atoms with van der Waals surface area (Å²) < 4.78 is 5.64. The van der Waals surface area contributed by atoms with Crippen molar-refractivity contribution in [2.75, 3.05) is 13.2 Å². The van der Waals surface area contributed by atoms with Gasteiger partial charge in [-0.3, -0.25) is 14.9 Å². The minimum absolute atomic E-state index is 0.00691. The van der Waals surface area contributed by atoms with Crippen molar-refractivity contribution in [1.82, 2.24) is 20.1 Å². The van der Waals surface area contributed by atoms with Crippen molar-refractivity contribution in [3.05, 3.63) is 66.7 Å². The number of nitrogens with one attached hydrogen (secondary N) is 1. The minimum Gasteiger partial charge on any atom is -0.484 e. The number of pyridine rings is 1. The van der Waals surface area contributed by atoms with Gasteiger partial charge in [-0.15, -0.1) is 0 Å². The fourth-order valence-electron chi connectivity index (χ4n) is 3.42. The average Bonchev–Trinajstić information content (AvgIpc) is 3.36. The van der Waals surface area contributed by atoms with Gasteiger partial charge in [-0.25, -0.2) is 0 Å². The fourth-order valence-corrected chi connectivity index (χ4v) is 3.42. The van der Waals surface area contributed by atoms with Gasteiger partial charge in [0.25, 0.3) is 5.91 Å². The number of amides is 1. The van der Waals surface area contributed by atoms with E-state index in [4.69, 9.17) is 4.74 Å². The molecular formula is C20H20N4O2. The smallest absolute Gasteiger partial charge is 0.261 e. The number of benzene rings is 1. The van der Waals surface area contributed by atoms with Crippen molar-refractivity contribution in [1.29, 1.82) is 0 Å².